The van der Waals surface area contributed by atoms with Crippen LogP contribution in [0, 0.1) is 45.8 Å². The second-order valence-corrected chi connectivity index (χ2v) is 85.5. The minimum Gasteiger partial charge on any atom is -0.456 e. The van der Waals surface area contributed by atoms with Crippen molar-refractivity contribution >= 4 is 113 Å². The molecular weight excluding hydrogens is 1710 g/mol. The summed E-state index contributed by atoms with van der Waals surface area (Å²) in [4.78, 5) is 97.4. The first-order valence-corrected chi connectivity index (χ1v) is 79.3. The molecule has 748 valence electrons. The quantitative estimate of drug-likeness (QED) is 0.0432. The summed E-state index contributed by atoms with van der Waals surface area (Å²) in [6.07, 6.45) is 54.4. The molecule has 22 heteroatoms. The summed E-state index contributed by atoms with van der Waals surface area (Å²) >= 11 is 0. The Morgan fingerprint density at radius 1 is 0.354 bits per heavy atom. The zero-order valence-corrected chi connectivity index (χ0v) is 97.9. The van der Waals surface area contributed by atoms with E-state index in [1.807, 2.05) is 0 Å². The molecule has 0 spiro atoms. The lowest BCUT2D eigenvalue weighted by Crippen LogP contribution is -2.49. The van der Waals surface area contributed by atoms with Crippen LogP contribution in [0.25, 0.3) is 0 Å². The fourth-order valence-corrected chi connectivity index (χ4v) is 53.7. The topological polar surface area (TPSA) is 198 Å². The molecule has 2 N–H and O–H groups in total. The highest BCUT2D eigenvalue weighted by Crippen LogP contribution is 2.49. The summed E-state index contributed by atoms with van der Waals surface area (Å²) in [5, 5.41) is 6.19. The Labute approximate surface area is 796 Å². The highest BCUT2D eigenvalue weighted by molar-refractivity contribution is 6.86. The van der Waals surface area contributed by atoms with E-state index in [0.717, 1.165) is 288 Å². The van der Waals surface area contributed by atoms with Gasteiger partial charge in [-0.25, -0.2) is 4.79 Å². The van der Waals surface area contributed by atoms with E-state index in [9.17, 15) is 38.4 Å². The van der Waals surface area contributed by atoms with E-state index in [1.54, 1.807) is 0 Å². The van der Waals surface area contributed by atoms with E-state index in [1.165, 1.54) is 82.3 Å². The number of carbonyl (C=O) groups excluding carboxylic acids is 8. The van der Waals surface area contributed by atoms with Crippen LogP contribution in [0.2, 0.25) is 155 Å². The molecule has 3 aliphatic carbocycles. The van der Waals surface area contributed by atoms with E-state index in [2.05, 4.69) is 211 Å². The van der Waals surface area contributed by atoms with Crippen LogP contribution >= 0.6 is 0 Å². The van der Waals surface area contributed by atoms with Gasteiger partial charge in [-0.15, -0.1) is 0 Å². The maximum absolute atomic E-state index is 12.7. The van der Waals surface area contributed by atoms with Gasteiger partial charge in [0, 0.05) is 102 Å². The van der Waals surface area contributed by atoms with Gasteiger partial charge in [0.25, 0.3) is 0 Å². The van der Waals surface area contributed by atoms with Gasteiger partial charge in [-0.05, 0) is 349 Å². The molecule has 0 bridgehead atoms. The smallest absolute Gasteiger partial charge is 0.315 e. The monoisotopic (exact) mass is 1920 g/mol. The zero-order chi connectivity index (χ0) is 96.8. The largest absolute Gasteiger partial charge is 0.456 e. The highest BCUT2D eigenvalue weighted by Gasteiger charge is 2.42. The molecule has 0 aromatic carbocycles. The molecule has 0 heterocycles. The standard InChI is InChI=1S/C30H58O3Si2.C27H56O3Si2.C26H54N2O3Si2.C22H46O3Si2/c1-7-8-11-29(31)23-27-17-13-25(14-18-27)22-26-15-19-28(20-16-26)24-30(32)12-9-10-21-35(5,6)33-34(2,3)4;1-10-11-17-25(28)19-14-16-24(2)23-27(3,4)21-15-20-26(29)18-12-13-22-32(8,9)30-31(5,6)7;1-10-11-17-27-24(30)28-22-19-25(2,3)21-26(4,20-22)16-15-23(29)14-12-13-18-33(8,9)31-32(5,6)7;1-7-8-16-21(23)17-12-10-9-11-13-18-22(24)19-14-15-20-27(5,6)25-26(2,3)4/h25-28H,7-24H2,1-6H3;24H,10-23H2,1-9H3;22H,10-21H2,1-9H3,(H2,27,28,30);7-20H2,1-6H3. The van der Waals surface area contributed by atoms with E-state index >= 15 is 0 Å². The zero-order valence-electron chi connectivity index (χ0n) is 89.9. The van der Waals surface area contributed by atoms with E-state index in [-0.39, 0.29) is 28.3 Å². The summed E-state index contributed by atoms with van der Waals surface area (Å²) in [5.74, 6) is 6.85. The number of amides is 2. The lowest BCUT2D eigenvalue weighted by Gasteiger charge is -2.47. The molecule has 0 aromatic rings. The average molecular weight is 1920 g/mol. The van der Waals surface area contributed by atoms with Crippen molar-refractivity contribution in [1.82, 2.24) is 10.6 Å². The molecule has 3 fully saturated rings. The van der Waals surface area contributed by atoms with E-state index in [0.29, 0.717) is 71.1 Å². The number of unbranched alkanes of at least 4 members (excludes halogenated alkanes) is 12. The summed E-state index contributed by atoms with van der Waals surface area (Å²) < 4.78 is 25.6. The molecule has 0 aliphatic heterocycles. The summed E-state index contributed by atoms with van der Waals surface area (Å²) in [6, 6.07) is 4.79. The predicted molar refractivity (Wildman–Crippen MR) is 568 cm³/mol. The van der Waals surface area contributed by atoms with Crippen LogP contribution in [0.5, 0.6) is 0 Å². The van der Waals surface area contributed by atoms with Crippen molar-refractivity contribution in [2.75, 3.05) is 6.54 Å². The van der Waals surface area contributed by atoms with Gasteiger partial charge in [-0.2, -0.15) is 0 Å². The minimum atomic E-state index is -1.61. The van der Waals surface area contributed by atoms with Crippen molar-refractivity contribution in [2.24, 2.45) is 45.8 Å². The highest BCUT2D eigenvalue weighted by atomic mass is 28.4. The Balaban J connectivity index is 0.00000167. The second kappa shape index (κ2) is 65.3. The van der Waals surface area contributed by atoms with Gasteiger partial charge in [-0.1, -0.05) is 172 Å². The normalized spacial score (nSPS) is 19.3. The molecule has 0 radical (unpaired) electrons. The van der Waals surface area contributed by atoms with Gasteiger partial charge in [0.1, 0.15) is 40.5 Å². The van der Waals surface area contributed by atoms with Crippen LogP contribution in [0.3, 0.4) is 0 Å². The third-order valence-corrected chi connectivity index (χ3v) is 51.1. The van der Waals surface area contributed by atoms with Crippen molar-refractivity contribution in [2.45, 2.75) is 571 Å². The van der Waals surface area contributed by atoms with Gasteiger partial charge < -0.3 is 27.1 Å². The van der Waals surface area contributed by atoms with Crippen LogP contribution in [0.1, 0.15) is 410 Å². The van der Waals surface area contributed by atoms with Crippen LogP contribution in [-0.2, 0) is 50.0 Å². The molecule has 0 saturated heterocycles. The molecule has 14 nitrogen and oxygen atoms in total. The molecule has 127 heavy (non-hydrogen) atoms. The van der Waals surface area contributed by atoms with E-state index in [4.69, 9.17) is 16.5 Å². The second-order valence-electron chi connectivity index (χ2n) is 49.2. The Hall–Kier alpha value is -1.46. The van der Waals surface area contributed by atoms with E-state index < -0.39 is 66.5 Å². The molecule has 3 rings (SSSR count). The molecule has 2 amide bonds. The maximum atomic E-state index is 12.7. The first kappa shape index (κ1) is 126. The number of hydrogen-bond acceptors (Lipinski definition) is 12. The maximum Gasteiger partial charge on any atom is 0.315 e. The van der Waals surface area contributed by atoms with Crippen molar-refractivity contribution in [1.29, 1.82) is 0 Å². The first-order valence-electron chi connectivity index (χ1n) is 53.2. The number of ketones is 7. The molecule has 3 aliphatic rings. The number of rotatable bonds is 68. The molecule has 3 atom stereocenters. The fraction of sp³-hybridized carbons (Fsp3) is 0.924. The average Bonchev–Trinajstić information content (AvgIpc) is 0.795. The fourth-order valence-electron chi connectivity index (χ4n) is 21.1. The lowest BCUT2D eigenvalue weighted by molar-refractivity contribution is -0.121. The van der Waals surface area contributed by atoms with Crippen molar-refractivity contribution < 1.29 is 54.8 Å². The van der Waals surface area contributed by atoms with Gasteiger partial charge in [0.2, 0.25) is 0 Å². The van der Waals surface area contributed by atoms with Crippen molar-refractivity contribution in [3.05, 3.63) is 0 Å². The van der Waals surface area contributed by atoms with Crippen LogP contribution in [-0.4, -0.2) is 126 Å². The Kier molecular flexibility index (Phi) is 64.6. The van der Waals surface area contributed by atoms with Gasteiger partial charge >= 0.3 is 6.03 Å². The SMILES string of the molecule is CCCCC(=O)CC1CCC(CC2CCC(CC(=O)CCCC[Si](C)(C)O[Si](C)(C)C)CC2)CC1.CCCCC(=O)CCCC(C)CC(C)(C)CCCC(=O)CCCC[Si](C)(C)O[Si](C)(C)C.CCCCC(=O)CCCCCCCC(=O)CCCC[Si](C)(C)O[Si](C)(C)C.CCCCNC(=O)NC1CC(C)(C)CC(C)(CCC(=O)CCCC[Si](C)(C)O[Si](C)(C)C)C1. The van der Waals surface area contributed by atoms with Crippen molar-refractivity contribution in [3.8, 4) is 0 Å². The Morgan fingerprint density at radius 2 is 0.646 bits per heavy atom. The third kappa shape index (κ3) is 75.3. The first-order chi connectivity index (χ1) is 58.7. The molecule has 0 aromatic heterocycles. The van der Waals surface area contributed by atoms with Crippen LogP contribution in [0.15, 0.2) is 0 Å². The van der Waals surface area contributed by atoms with Gasteiger partial charge in [0.05, 0.1) is 0 Å². The van der Waals surface area contributed by atoms with Gasteiger partial charge in [-0.3, -0.25) is 33.6 Å². The molecular formula is C105H214N2O12Si8. The predicted octanol–water partition coefficient (Wildman–Crippen LogP) is 32.8. The van der Waals surface area contributed by atoms with Crippen LogP contribution in [0.4, 0.5) is 4.79 Å². The van der Waals surface area contributed by atoms with Gasteiger partial charge in [0.15, 0.2) is 66.5 Å². The number of hydrogen-bond donors (Lipinski definition) is 2. The Bertz CT molecular complexity index is 2990. The Morgan fingerprint density at radius 3 is 0.992 bits per heavy atom. The van der Waals surface area contributed by atoms with Crippen molar-refractivity contribution in [3.63, 3.8) is 0 Å². The number of carbonyl (C=O) groups is 8. The lowest BCUT2D eigenvalue weighted by atomic mass is 9.61. The van der Waals surface area contributed by atoms with Crippen LogP contribution < -0.4 is 10.6 Å². The third-order valence-electron chi connectivity index (χ3n) is 26.2. The molecule has 3 saturated carbocycles. The number of Topliss-reactive ketones (excluding diaryl/α,β-unsaturated/α-hetero) is 7. The summed E-state index contributed by atoms with van der Waals surface area (Å²) in [7, 11) is -12.1. The summed E-state index contributed by atoms with van der Waals surface area (Å²) in [6.45, 7) is 69.0. The number of urea groups is 1. The number of nitrogens with one attached hydrogen (secondary N) is 2. The molecule has 3 unspecified atom stereocenters. The summed E-state index contributed by atoms with van der Waals surface area (Å²) in [5.41, 5.74) is 0.540. The minimum absolute atomic E-state index is 0.0471.